The van der Waals surface area contributed by atoms with Crippen molar-refractivity contribution in [2.75, 3.05) is 23.4 Å². The number of fused-ring (bicyclic) bond motifs is 3. The van der Waals surface area contributed by atoms with E-state index in [-0.39, 0.29) is 29.4 Å². The summed E-state index contributed by atoms with van der Waals surface area (Å²) in [5.74, 6) is 1.43. The molecule has 196 valence electrons. The number of carbonyl (C=O) groups excluding carboxylic acids is 1. The second-order valence-electron chi connectivity index (χ2n) is 10.8. The number of anilines is 2. The van der Waals surface area contributed by atoms with Gasteiger partial charge in [0.25, 0.3) is 12.3 Å². The van der Waals surface area contributed by atoms with Crippen molar-refractivity contribution in [3.8, 4) is 0 Å². The Kier molecular flexibility index (Phi) is 6.26. The minimum atomic E-state index is -2.81. The average Bonchev–Trinajstić information content (AvgIpc) is 3.64. The third kappa shape index (κ3) is 4.54. The highest BCUT2D eigenvalue weighted by Gasteiger charge is 2.39. The normalized spacial score (nSPS) is 25.5. The first kappa shape index (κ1) is 24.1. The van der Waals surface area contributed by atoms with E-state index in [0.717, 1.165) is 44.5 Å². The Morgan fingerprint density at radius 2 is 1.97 bits per heavy atom. The summed E-state index contributed by atoms with van der Waals surface area (Å²) in [5.41, 5.74) is 0.613. The van der Waals surface area contributed by atoms with Crippen LogP contribution in [0.3, 0.4) is 0 Å². The van der Waals surface area contributed by atoms with Gasteiger partial charge in [-0.25, -0.2) is 13.8 Å². The molecule has 0 aromatic carbocycles. The Morgan fingerprint density at radius 3 is 2.65 bits per heavy atom. The molecule has 2 saturated heterocycles. The fourth-order valence-electron chi connectivity index (χ4n) is 6.01. The fraction of sp³-hybridized carbons (Fsp3) is 0.577. The van der Waals surface area contributed by atoms with Crippen LogP contribution in [0, 0.1) is 11.8 Å². The van der Waals surface area contributed by atoms with Crippen molar-refractivity contribution in [3.05, 3.63) is 35.8 Å². The molecule has 3 aliphatic rings. The molecule has 1 aliphatic carbocycles. The van der Waals surface area contributed by atoms with Crippen molar-refractivity contribution in [2.24, 2.45) is 11.8 Å². The Hall–Kier alpha value is -3.21. The SMILES string of the molecule is CC(C)C1CCC(n2cc(NC(=O)c3cnnc4ccc(N5CC6C[C@@H]5CO6)nc34)c(C(F)F)n2)CC1. The van der Waals surface area contributed by atoms with Gasteiger partial charge >= 0.3 is 0 Å². The Labute approximate surface area is 213 Å². The van der Waals surface area contributed by atoms with Crippen LogP contribution in [0.15, 0.2) is 24.5 Å². The van der Waals surface area contributed by atoms with Gasteiger partial charge in [-0.15, -0.1) is 5.10 Å². The lowest BCUT2D eigenvalue weighted by molar-refractivity contribution is 0.0988. The van der Waals surface area contributed by atoms with E-state index in [2.05, 4.69) is 39.4 Å². The van der Waals surface area contributed by atoms with Crippen LogP contribution in [0.5, 0.6) is 0 Å². The number of nitrogens with one attached hydrogen (secondary N) is 1. The summed E-state index contributed by atoms with van der Waals surface area (Å²) in [6, 6.07) is 3.96. The Morgan fingerprint density at radius 1 is 1.16 bits per heavy atom. The zero-order chi connectivity index (χ0) is 25.7. The number of aromatic nitrogens is 5. The molecule has 2 bridgehead atoms. The number of carbonyl (C=O) groups is 1. The molecule has 0 spiro atoms. The first-order chi connectivity index (χ1) is 17.9. The van der Waals surface area contributed by atoms with Gasteiger partial charge in [-0.05, 0) is 56.1 Å². The van der Waals surface area contributed by atoms with Gasteiger partial charge in [0, 0.05) is 12.7 Å². The first-order valence-electron chi connectivity index (χ1n) is 13.1. The number of morpholine rings is 1. The highest BCUT2D eigenvalue weighted by molar-refractivity contribution is 6.11. The number of alkyl halides is 2. The van der Waals surface area contributed by atoms with E-state index in [0.29, 0.717) is 29.5 Å². The number of halogens is 2. The second kappa shape index (κ2) is 9.59. The van der Waals surface area contributed by atoms with Gasteiger partial charge in [0.05, 0.1) is 42.2 Å². The lowest BCUT2D eigenvalue weighted by Gasteiger charge is -2.30. The maximum absolute atomic E-state index is 13.9. The van der Waals surface area contributed by atoms with Crippen LogP contribution in [-0.4, -0.2) is 56.2 Å². The average molecular weight is 512 g/mol. The number of ether oxygens (including phenoxy) is 1. The van der Waals surface area contributed by atoms with Crippen LogP contribution in [0.25, 0.3) is 11.0 Å². The fourth-order valence-corrected chi connectivity index (χ4v) is 6.01. The molecule has 1 saturated carbocycles. The third-order valence-corrected chi connectivity index (χ3v) is 8.18. The quantitative estimate of drug-likeness (QED) is 0.509. The van der Waals surface area contributed by atoms with Crippen molar-refractivity contribution >= 4 is 28.4 Å². The molecule has 1 amide bonds. The van der Waals surface area contributed by atoms with Crippen LogP contribution in [0.2, 0.25) is 0 Å². The number of hydrogen-bond acceptors (Lipinski definition) is 7. The van der Waals surface area contributed by atoms with Crippen LogP contribution < -0.4 is 10.2 Å². The van der Waals surface area contributed by atoms with E-state index in [1.165, 1.54) is 12.4 Å². The predicted octanol–water partition coefficient (Wildman–Crippen LogP) is 4.78. The molecule has 5 heterocycles. The summed E-state index contributed by atoms with van der Waals surface area (Å²) in [6.07, 6.45) is 5.07. The second-order valence-corrected chi connectivity index (χ2v) is 10.8. The minimum Gasteiger partial charge on any atom is -0.374 e. The van der Waals surface area contributed by atoms with Gasteiger partial charge in [-0.1, -0.05) is 13.8 Å². The van der Waals surface area contributed by atoms with Gasteiger partial charge in [0.15, 0.2) is 5.69 Å². The van der Waals surface area contributed by atoms with Crippen molar-refractivity contribution in [1.82, 2.24) is 25.0 Å². The molecule has 3 aromatic heterocycles. The van der Waals surface area contributed by atoms with E-state index in [1.54, 1.807) is 10.7 Å². The van der Waals surface area contributed by atoms with Gasteiger partial charge < -0.3 is 15.0 Å². The Bertz CT molecular complexity index is 1310. The maximum atomic E-state index is 13.9. The number of rotatable bonds is 6. The van der Waals surface area contributed by atoms with Crippen LogP contribution in [0.1, 0.15) is 74.5 Å². The summed E-state index contributed by atoms with van der Waals surface area (Å²) < 4.78 is 35.1. The molecular weight excluding hydrogens is 480 g/mol. The van der Waals surface area contributed by atoms with E-state index >= 15 is 0 Å². The predicted molar refractivity (Wildman–Crippen MR) is 134 cm³/mol. The highest BCUT2D eigenvalue weighted by Crippen LogP contribution is 2.37. The van der Waals surface area contributed by atoms with E-state index in [1.807, 2.05) is 6.07 Å². The number of nitrogens with zero attached hydrogens (tertiary/aromatic N) is 6. The first-order valence-corrected chi connectivity index (χ1v) is 13.1. The van der Waals surface area contributed by atoms with Crippen molar-refractivity contribution in [3.63, 3.8) is 0 Å². The monoisotopic (exact) mass is 511 g/mol. The van der Waals surface area contributed by atoms with E-state index in [4.69, 9.17) is 9.72 Å². The van der Waals surface area contributed by atoms with Gasteiger partial charge in [-0.2, -0.15) is 10.2 Å². The van der Waals surface area contributed by atoms with Crippen molar-refractivity contribution in [1.29, 1.82) is 0 Å². The Balaban J connectivity index is 1.25. The van der Waals surface area contributed by atoms with E-state index < -0.39 is 18.0 Å². The molecule has 9 nitrogen and oxygen atoms in total. The van der Waals surface area contributed by atoms with Crippen LogP contribution in [-0.2, 0) is 4.74 Å². The van der Waals surface area contributed by atoms with E-state index in [9.17, 15) is 13.6 Å². The van der Waals surface area contributed by atoms with Crippen molar-refractivity contribution < 1.29 is 18.3 Å². The minimum absolute atomic E-state index is 0.0149. The smallest absolute Gasteiger partial charge is 0.284 e. The van der Waals surface area contributed by atoms with Crippen LogP contribution in [0.4, 0.5) is 20.3 Å². The molecule has 6 rings (SSSR count). The van der Waals surface area contributed by atoms with Gasteiger partial charge in [0.1, 0.15) is 16.9 Å². The topological polar surface area (TPSA) is 98.1 Å². The van der Waals surface area contributed by atoms with Crippen LogP contribution >= 0.6 is 0 Å². The molecule has 3 aromatic rings. The molecule has 11 heteroatoms. The summed E-state index contributed by atoms with van der Waals surface area (Å²) in [6.45, 7) is 5.85. The molecule has 1 N–H and O–H groups in total. The summed E-state index contributed by atoms with van der Waals surface area (Å²) in [7, 11) is 0. The summed E-state index contributed by atoms with van der Waals surface area (Å²) in [5, 5.41) is 14.9. The standard InChI is InChI=1S/C26H31F2N7O2/c1-14(2)15-3-5-16(6-4-15)35-12-21(24(33-35)25(27)28)30-26(36)19-10-29-32-20-7-8-22(31-23(19)20)34-11-18-9-17(34)13-37-18/h7-8,10,12,14-18,25H,3-6,9,11,13H2,1-2H3,(H,30,36)/t15?,16?,17-,18?/m1/s1. The van der Waals surface area contributed by atoms with Gasteiger partial charge in [-0.3, -0.25) is 9.48 Å². The molecular formula is C26H31F2N7O2. The molecule has 2 aliphatic heterocycles. The van der Waals surface area contributed by atoms with Crippen molar-refractivity contribution in [2.45, 2.75) is 70.6 Å². The highest BCUT2D eigenvalue weighted by atomic mass is 19.3. The van der Waals surface area contributed by atoms with Gasteiger partial charge in [0.2, 0.25) is 0 Å². The summed E-state index contributed by atoms with van der Waals surface area (Å²) in [4.78, 5) is 20.2. The lowest BCUT2D eigenvalue weighted by atomic mass is 9.80. The zero-order valence-electron chi connectivity index (χ0n) is 21.0. The number of amides is 1. The maximum Gasteiger partial charge on any atom is 0.284 e. The zero-order valence-corrected chi connectivity index (χ0v) is 21.0. The molecule has 3 fully saturated rings. The third-order valence-electron chi connectivity index (χ3n) is 8.18. The number of pyridine rings is 1. The lowest BCUT2D eigenvalue weighted by Crippen LogP contribution is -2.37. The number of hydrogen-bond donors (Lipinski definition) is 1. The molecule has 2 atom stereocenters. The molecule has 0 radical (unpaired) electrons. The molecule has 1 unspecified atom stereocenters. The molecule has 37 heavy (non-hydrogen) atoms. The summed E-state index contributed by atoms with van der Waals surface area (Å²) >= 11 is 0. The largest absolute Gasteiger partial charge is 0.374 e.